The molecule has 122 valence electrons. The number of aliphatic hydroxyl groups is 1. The van der Waals surface area contributed by atoms with Gasteiger partial charge in [0, 0.05) is 18.7 Å². The zero-order valence-corrected chi connectivity index (χ0v) is 13.2. The topological polar surface area (TPSA) is 68.2 Å². The van der Waals surface area contributed by atoms with Crippen LogP contribution < -0.4 is 9.47 Å². The Labute approximate surface area is 130 Å². The average Bonchev–Trinajstić information content (AvgIpc) is 2.55. The second-order valence-corrected chi connectivity index (χ2v) is 5.34. The van der Waals surface area contributed by atoms with Crippen LogP contribution in [-0.4, -0.2) is 56.0 Å². The molecule has 1 N–H and O–H groups in total. The number of esters is 1. The maximum Gasteiger partial charge on any atom is 0.323 e. The Morgan fingerprint density at radius 1 is 1.32 bits per heavy atom. The molecule has 1 aliphatic rings. The maximum absolute atomic E-state index is 12.0. The minimum Gasteiger partial charge on any atom is -0.493 e. The number of methoxy groups -OCH3 is 3. The number of hydrogen-bond acceptors (Lipinski definition) is 6. The largest absolute Gasteiger partial charge is 0.493 e. The molecule has 2 atom stereocenters. The van der Waals surface area contributed by atoms with Gasteiger partial charge in [-0.2, -0.15) is 0 Å². The Bertz CT molecular complexity index is 519. The fraction of sp³-hybridized carbons (Fsp3) is 0.562. The van der Waals surface area contributed by atoms with Crippen molar-refractivity contribution in [2.24, 2.45) is 0 Å². The number of rotatable bonds is 5. The minimum atomic E-state index is -0.465. The fourth-order valence-corrected chi connectivity index (χ4v) is 2.86. The molecule has 1 fully saturated rings. The molecule has 0 aliphatic carbocycles. The number of ether oxygens (including phenoxy) is 3. The van der Waals surface area contributed by atoms with Crippen LogP contribution in [0.25, 0.3) is 0 Å². The average molecular weight is 309 g/mol. The van der Waals surface area contributed by atoms with E-state index in [2.05, 4.69) is 0 Å². The van der Waals surface area contributed by atoms with Gasteiger partial charge in [-0.1, -0.05) is 12.1 Å². The molecule has 0 radical (unpaired) electrons. The van der Waals surface area contributed by atoms with Crippen molar-refractivity contribution in [3.8, 4) is 11.5 Å². The zero-order valence-electron chi connectivity index (χ0n) is 13.2. The zero-order chi connectivity index (χ0) is 16.1. The number of benzene rings is 1. The van der Waals surface area contributed by atoms with Crippen LogP contribution in [0, 0.1) is 0 Å². The summed E-state index contributed by atoms with van der Waals surface area (Å²) in [5.74, 6) is 1.01. The Morgan fingerprint density at radius 3 is 2.73 bits per heavy atom. The first-order valence-electron chi connectivity index (χ1n) is 7.30. The van der Waals surface area contributed by atoms with E-state index < -0.39 is 12.1 Å². The first kappa shape index (κ1) is 16.6. The lowest BCUT2D eigenvalue weighted by atomic mass is 9.98. The van der Waals surface area contributed by atoms with Crippen LogP contribution in [0.5, 0.6) is 11.5 Å². The third-order valence-electron chi connectivity index (χ3n) is 4.02. The van der Waals surface area contributed by atoms with Gasteiger partial charge in [0.1, 0.15) is 6.04 Å². The molecule has 0 amide bonds. The molecule has 1 aromatic carbocycles. The summed E-state index contributed by atoms with van der Waals surface area (Å²) in [6.45, 7) is 1.16. The van der Waals surface area contributed by atoms with Crippen molar-refractivity contribution in [1.82, 2.24) is 4.90 Å². The van der Waals surface area contributed by atoms with E-state index in [1.165, 1.54) is 7.11 Å². The normalized spacial score (nSPS) is 22.2. The van der Waals surface area contributed by atoms with Crippen LogP contribution in [0.2, 0.25) is 0 Å². The summed E-state index contributed by atoms with van der Waals surface area (Å²) in [5.41, 5.74) is 0.937. The van der Waals surface area contributed by atoms with Gasteiger partial charge < -0.3 is 19.3 Å². The summed E-state index contributed by atoms with van der Waals surface area (Å²) in [4.78, 5) is 14.0. The van der Waals surface area contributed by atoms with Crippen molar-refractivity contribution in [3.63, 3.8) is 0 Å². The third kappa shape index (κ3) is 3.51. The first-order valence-corrected chi connectivity index (χ1v) is 7.30. The highest BCUT2D eigenvalue weighted by molar-refractivity contribution is 5.75. The SMILES string of the molecule is COC(=O)[C@@H]1C[C@H](O)CCN1Cc1cccc(OC)c1OC. The molecule has 1 aromatic rings. The highest BCUT2D eigenvalue weighted by atomic mass is 16.5. The molecule has 1 aliphatic heterocycles. The molecule has 1 saturated heterocycles. The van der Waals surface area contributed by atoms with Crippen molar-refractivity contribution >= 4 is 5.97 Å². The molecular formula is C16H23NO5. The molecule has 0 unspecified atom stereocenters. The summed E-state index contributed by atoms with van der Waals surface area (Å²) in [6.07, 6.45) is 0.561. The summed E-state index contributed by atoms with van der Waals surface area (Å²) in [7, 11) is 4.56. The third-order valence-corrected chi connectivity index (χ3v) is 4.02. The van der Waals surface area contributed by atoms with Gasteiger partial charge in [-0.25, -0.2) is 0 Å². The van der Waals surface area contributed by atoms with Crippen LogP contribution in [-0.2, 0) is 16.1 Å². The van der Waals surface area contributed by atoms with E-state index in [1.54, 1.807) is 14.2 Å². The lowest BCUT2D eigenvalue weighted by Gasteiger charge is -2.36. The quantitative estimate of drug-likeness (QED) is 0.825. The van der Waals surface area contributed by atoms with E-state index in [-0.39, 0.29) is 5.97 Å². The fourth-order valence-electron chi connectivity index (χ4n) is 2.86. The second kappa shape index (κ2) is 7.47. The summed E-state index contributed by atoms with van der Waals surface area (Å²) in [5, 5.41) is 9.81. The van der Waals surface area contributed by atoms with Gasteiger partial charge in [-0.3, -0.25) is 9.69 Å². The Hall–Kier alpha value is -1.79. The van der Waals surface area contributed by atoms with E-state index in [1.807, 2.05) is 23.1 Å². The van der Waals surface area contributed by atoms with E-state index in [4.69, 9.17) is 14.2 Å². The standard InChI is InChI=1S/C16H23NO5/c1-20-14-6-4-5-11(15(14)21-2)10-17-8-7-12(18)9-13(17)16(19)22-3/h4-6,12-13,18H,7-10H2,1-3H3/t12-,13+/m1/s1. The number of carbonyl (C=O) groups excluding carboxylic acids is 1. The van der Waals surface area contributed by atoms with Gasteiger partial charge >= 0.3 is 5.97 Å². The molecule has 6 nitrogen and oxygen atoms in total. The number of nitrogens with zero attached hydrogens (tertiary/aromatic N) is 1. The molecule has 6 heteroatoms. The molecule has 22 heavy (non-hydrogen) atoms. The van der Waals surface area contributed by atoms with E-state index in [9.17, 15) is 9.90 Å². The Kier molecular flexibility index (Phi) is 5.63. The lowest BCUT2D eigenvalue weighted by Crippen LogP contribution is -2.48. The lowest BCUT2D eigenvalue weighted by molar-refractivity contribution is -0.150. The maximum atomic E-state index is 12.0. The predicted octanol–water partition coefficient (Wildman–Crippen LogP) is 1.20. The van der Waals surface area contributed by atoms with Gasteiger partial charge in [0.2, 0.25) is 0 Å². The smallest absolute Gasteiger partial charge is 0.323 e. The molecule has 0 saturated carbocycles. The molecule has 0 spiro atoms. The summed E-state index contributed by atoms with van der Waals surface area (Å²) >= 11 is 0. The van der Waals surface area contributed by atoms with Gasteiger partial charge in [-0.05, 0) is 18.9 Å². The number of likely N-dealkylation sites (tertiary alicyclic amines) is 1. The van der Waals surface area contributed by atoms with Crippen molar-refractivity contribution < 1.29 is 24.1 Å². The predicted molar refractivity (Wildman–Crippen MR) is 81.0 cm³/mol. The number of piperidine rings is 1. The summed E-state index contributed by atoms with van der Waals surface area (Å²) in [6, 6.07) is 5.23. The van der Waals surface area contributed by atoms with Crippen LogP contribution in [0.3, 0.4) is 0 Å². The number of para-hydroxylation sites is 1. The van der Waals surface area contributed by atoms with Crippen LogP contribution in [0.1, 0.15) is 18.4 Å². The second-order valence-electron chi connectivity index (χ2n) is 5.34. The molecule has 2 rings (SSSR count). The molecule has 0 bridgehead atoms. The highest BCUT2D eigenvalue weighted by Crippen LogP contribution is 2.33. The van der Waals surface area contributed by atoms with Gasteiger partial charge in [0.15, 0.2) is 11.5 Å². The van der Waals surface area contributed by atoms with Crippen LogP contribution >= 0.6 is 0 Å². The molecular weight excluding hydrogens is 286 g/mol. The Balaban J connectivity index is 2.22. The highest BCUT2D eigenvalue weighted by Gasteiger charge is 2.34. The van der Waals surface area contributed by atoms with E-state index in [0.717, 1.165) is 5.56 Å². The first-order chi connectivity index (χ1) is 10.6. The number of carbonyl (C=O) groups is 1. The van der Waals surface area contributed by atoms with E-state index in [0.29, 0.717) is 37.4 Å². The van der Waals surface area contributed by atoms with Gasteiger partial charge in [0.05, 0.1) is 27.4 Å². The molecule has 1 heterocycles. The van der Waals surface area contributed by atoms with Crippen molar-refractivity contribution in [1.29, 1.82) is 0 Å². The minimum absolute atomic E-state index is 0.319. The summed E-state index contributed by atoms with van der Waals surface area (Å²) < 4.78 is 15.6. The van der Waals surface area contributed by atoms with Crippen molar-refractivity contribution in [2.75, 3.05) is 27.9 Å². The van der Waals surface area contributed by atoms with Crippen molar-refractivity contribution in [2.45, 2.75) is 31.5 Å². The monoisotopic (exact) mass is 309 g/mol. The van der Waals surface area contributed by atoms with Gasteiger partial charge in [0.25, 0.3) is 0 Å². The van der Waals surface area contributed by atoms with Crippen LogP contribution in [0.4, 0.5) is 0 Å². The van der Waals surface area contributed by atoms with Crippen LogP contribution in [0.15, 0.2) is 18.2 Å². The number of hydrogen-bond donors (Lipinski definition) is 1. The van der Waals surface area contributed by atoms with Crippen molar-refractivity contribution in [3.05, 3.63) is 23.8 Å². The number of aliphatic hydroxyl groups excluding tert-OH is 1. The van der Waals surface area contributed by atoms with Gasteiger partial charge in [-0.15, -0.1) is 0 Å². The van der Waals surface area contributed by atoms with E-state index >= 15 is 0 Å². The Morgan fingerprint density at radius 2 is 2.09 bits per heavy atom. The molecule has 0 aromatic heterocycles.